The smallest absolute Gasteiger partial charge is 0.258 e. The predicted molar refractivity (Wildman–Crippen MR) is 72.2 cm³/mol. The van der Waals surface area contributed by atoms with Gasteiger partial charge in [-0.25, -0.2) is 4.98 Å². The van der Waals surface area contributed by atoms with Crippen molar-refractivity contribution in [3.05, 3.63) is 12.7 Å². The number of anilines is 2. The van der Waals surface area contributed by atoms with Gasteiger partial charge in [0.05, 0.1) is 0 Å². The second kappa shape index (κ2) is 5.17. The first-order valence-electron chi connectivity index (χ1n) is 6.01. The monoisotopic (exact) mass is 262 g/mol. The van der Waals surface area contributed by atoms with Crippen molar-refractivity contribution in [1.29, 1.82) is 0 Å². The third-order valence-corrected chi connectivity index (χ3v) is 2.25. The normalized spacial score (nSPS) is 11.4. The maximum atomic E-state index is 4.31. The SMILES string of the molecule is CNc1nc(NCC(C)(C)C)nc(-n2cncn2)n1. The Hall–Kier alpha value is -2.25. The zero-order chi connectivity index (χ0) is 13.9. The second-order valence-electron chi connectivity index (χ2n) is 5.29. The zero-order valence-electron chi connectivity index (χ0n) is 11.5. The van der Waals surface area contributed by atoms with Crippen LogP contribution < -0.4 is 10.6 Å². The van der Waals surface area contributed by atoms with E-state index in [0.717, 1.165) is 6.54 Å². The van der Waals surface area contributed by atoms with Crippen LogP contribution >= 0.6 is 0 Å². The van der Waals surface area contributed by atoms with E-state index in [0.29, 0.717) is 17.8 Å². The van der Waals surface area contributed by atoms with Crippen LogP contribution in [0.3, 0.4) is 0 Å². The molecule has 0 aliphatic rings. The number of aromatic nitrogens is 6. The van der Waals surface area contributed by atoms with E-state index in [1.807, 2.05) is 0 Å². The zero-order valence-corrected chi connectivity index (χ0v) is 11.5. The average Bonchev–Trinajstić information content (AvgIpc) is 2.89. The van der Waals surface area contributed by atoms with Gasteiger partial charge < -0.3 is 10.6 Å². The predicted octanol–water partition coefficient (Wildman–Crippen LogP) is 0.952. The van der Waals surface area contributed by atoms with Crippen molar-refractivity contribution in [2.75, 3.05) is 24.2 Å². The number of nitrogens with zero attached hydrogens (tertiary/aromatic N) is 6. The Morgan fingerprint density at radius 2 is 1.89 bits per heavy atom. The summed E-state index contributed by atoms with van der Waals surface area (Å²) >= 11 is 0. The lowest BCUT2D eigenvalue weighted by molar-refractivity contribution is 0.441. The Labute approximate surface area is 111 Å². The molecule has 19 heavy (non-hydrogen) atoms. The molecule has 2 aromatic rings. The van der Waals surface area contributed by atoms with E-state index in [4.69, 9.17) is 0 Å². The van der Waals surface area contributed by atoms with Crippen molar-refractivity contribution < 1.29 is 0 Å². The van der Waals surface area contributed by atoms with Crippen molar-refractivity contribution in [2.45, 2.75) is 20.8 Å². The van der Waals surface area contributed by atoms with Crippen LogP contribution in [0.2, 0.25) is 0 Å². The topological polar surface area (TPSA) is 93.4 Å². The van der Waals surface area contributed by atoms with E-state index in [1.54, 1.807) is 13.4 Å². The molecular formula is C11H18N8. The van der Waals surface area contributed by atoms with Gasteiger partial charge in [-0.1, -0.05) is 20.8 Å². The molecule has 0 fully saturated rings. The highest BCUT2D eigenvalue weighted by Gasteiger charge is 2.12. The molecule has 0 radical (unpaired) electrons. The molecule has 0 unspecified atom stereocenters. The maximum Gasteiger partial charge on any atom is 0.258 e. The Morgan fingerprint density at radius 3 is 2.47 bits per heavy atom. The first-order chi connectivity index (χ1) is 8.98. The third kappa shape index (κ3) is 3.60. The minimum absolute atomic E-state index is 0.139. The Balaban J connectivity index is 2.26. The van der Waals surface area contributed by atoms with Crippen LogP contribution in [0.1, 0.15) is 20.8 Å². The highest BCUT2D eigenvalue weighted by Crippen LogP contribution is 2.14. The van der Waals surface area contributed by atoms with Gasteiger partial charge in [-0.3, -0.25) is 0 Å². The van der Waals surface area contributed by atoms with Crippen molar-refractivity contribution in [3.8, 4) is 5.95 Å². The molecule has 0 bridgehead atoms. The van der Waals surface area contributed by atoms with Crippen LogP contribution in [0.4, 0.5) is 11.9 Å². The number of nitrogens with one attached hydrogen (secondary N) is 2. The molecule has 0 saturated carbocycles. The fourth-order valence-corrected chi connectivity index (χ4v) is 1.31. The third-order valence-electron chi connectivity index (χ3n) is 2.25. The molecule has 0 aliphatic carbocycles. The summed E-state index contributed by atoms with van der Waals surface area (Å²) in [4.78, 5) is 16.7. The molecule has 0 aliphatic heterocycles. The van der Waals surface area contributed by atoms with Gasteiger partial charge in [0.2, 0.25) is 11.9 Å². The fourth-order valence-electron chi connectivity index (χ4n) is 1.31. The fraction of sp³-hybridized carbons (Fsp3) is 0.545. The van der Waals surface area contributed by atoms with Crippen LogP contribution in [-0.2, 0) is 0 Å². The first kappa shape index (κ1) is 13.2. The Kier molecular flexibility index (Phi) is 3.59. The minimum Gasteiger partial charge on any atom is -0.357 e. The van der Waals surface area contributed by atoms with Gasteiger partial charge >= 0.3 is 0 Å². The average molecular weight is 262 g/mol. The first-order valence-corrected chi connectivity index (χ1v) is 6.01. The summed E-state index contributed by atoms with van der Waals surface area (Å²) in [7, 11) is 1.76. The van der Waals surface area contributed by atoms with Crippen LogP contribution in [0.5, 0.6) is 0 Å². The lowest BCUT2D eigenvalue weighted by Gasteiger charge is -2.18. The molecule has 2 aromatic heterocycles. The van der Waals surface area contributed by atoms with E-state index >= 15 is 0 Å². The summed E-state index contributed by atoms with van der Waals surface area (Å²) in [6.45, 7) is 7.17. The summed E-state index contributed by atoms with van der Waals surface area (Å²) < 4.78 is 1.49. The van der Waals surface area contributed by atoms with E-state index in [1.165, 1.54) is 11.0 Å². The summed E-state index contributed by atoms with van der Waals surface area (Å²) in [6.07, 6.45) is 2.98. The largest absolute Gasteiger partial charge is 0.357 e. The number of hydrogen-bond acceptors (Lipinski definition) is 7. The van der Waals surface area contributed by atoms with Gasteiger partial charge in [-0.2, -0.15) is 24.7 Å². The van der Waals surface area contributed by atoms with Gasteiger partial charge in [-0.15, -0.1) is 0 Å². The van der Waals surface area contributed by atoms with Crippen molar-refractivity contribution in [1.82, 2.24) is 29.7 Å². The van der Waals surface area contributed by atoms with E-state index in [9.17, 15) is 0 Å². The van der Waals surface area contributed by atoms with Crippen LogP contribution in [0, 0.1) is 5.41 Å². The molecule has 0 aromatic carbocycles. The quantitative estimate of drug-likeness (QED) is 0.847. The molecule has 0 atom stereocenters. The van der Waals surface area contributed by atoms with Gasteiger partial charge in [0.25, 0.3) is 5.95 Å². The van der Waals surface area contributed by atoms with Crippen molar-refractivity contribution in [3.63, 3.8) is 0 Å². The summed E-state index contributed by atoms with van der Waals surface area (Å²) in [5.41, 5.74) is 0.139. The lowest BCUT2D eigenvalue weighted by Crippen LogP contribution is -2.21. The minimum atomic E-state index is 0.139. The summed E-state index contributed by atoms with van der Waals surface area (Å²) in [5, 5.41) is 10.1. The molecule has 0 spiro atoms. The molecular weight excluding hydrogens is 244 g/mol. The summed E-state index contributed by atoms with van der Waals surface area (Å²) in [6, 6.07) is 0. The molecule has 0 amide bonds. The van der Waals surface area contributed by atoms with Gasteiger partial charge in [0, 0.05) is 13.6 Å². The molecule has 0 saturated heterocycles. The second-order valence-corrected chi connectivity index (χ2v) is 5.29. The molecule has 2 N–H and O–H groups in total. The van der Waals surface area contributed by atoms with Crippen molar-refractivity contribution >= 4 is 11.9 Å². The van der Waals surface area contributed by atoms with E-state index in [-0.39, 0.29) is 5.41 Å². The van der Waals surface area contributed by atoms with Crippen molar-refractivity contribution in [2.24, 2.45) is 5.41 Å². The Bertz CT molecular complexity index is 528. The van der Waals surface area contributed by atoms with E-state index < -0.39 is 0 Å². The molecule has 8 heteroatoms. The molecule has 2 heterocycles. The van der Waals surface area contributed by atoms with E-state index in [2.05, 4.69) is 56.4 Å². The van der Waals surface area contributed by atoms with Gasteiger partial charge in [-0.05, 0) is 5.41 Å². The molecule has 102 valence electrons. The summed E-state index contributed by atoms with van der Waals surface area (Å²) in [5.74, 6) is 1.42. The van der Waals surface area contributed by atoms with Gasteiger partial charge in [0.1, 0.15) is 12.7 Å². The number of hydrogen-bond donors (Lipinski definition) is 2. The van der Waals surface area contributed by atoms with Crippen LogP contribution in [0.25, 0.3) is 5.95 Å². The Morgan fingerprint density at radius 1 is 1.16 bits per heavy atom. The van der Waals surface area contributed by atoms with Crippen LogP contribution in [-0.4, -0.2) is 43.3 Å². The van der Waals surface area contributed by atoms with Crippen LogP contribution in [0.15, 0.2) is 12.7 Å². The maximum absolute atomic E-state index is 4.31. The highest BCUT2D eigenvalue weighted by molar-refractivity contribution is 5.37. The highest BCUT2D eigenvalue weighted by atomic mass is 15.4. The lowest BCUT2D eigenvalue weighted by atomic mass is 9.97. The molecule has 8 nitrogen and oxygen atoms in total. The van der Waals surface area contributed by atoms with Gasteiger partial charge in [0.15, 0.2) is 0 Å². The molecule has 2 rings (SSSR count). The number of rotatable bonds is 4. The standard InChI is InChI=1S/C11H18N8/c1-11(2,3)5-14-9-16-8(12-4)17-10(18-9)19-7-13-6-15-19/h6-7H,5H2,1-4H3,(H2,12,14,16,17,18).